The van der Waals surface area contributed by atoms with Crippen molar-refractivity contribution < 1.29 is 14.6 Å². The normalized spacial score (nSPS) is 12.0. The highest BCUT2D eigenvalue weighted by atomic mass is 35.5. The lowest BCUT2D eigenvalue weighted by Gasteiger charge is -2.11. The molecule has 0 aliphatic heterocycles. The molecule has 19 heavy (non-hydrogen) atoms. The molecule has 2 N–H and O–H groups in total. The van der Waals surface area contributed by atoms with E-state index < -0.39 is 0 Å². The Morgan fingerprint density at radius 1 is 1.47 bits per heavy atom. The van der Waals surface area contributed by atoms with Crippen molar-refractivity contribution >= 4 is 29.1 Å². The predicted octanol–water partition coefficient (Wildman–Crippen LogP) is 2.51. The molecule has 1 amide bonds. The third kappa shape index (κ3) is 6.14. The number of nitrogens with one attached hydrogen (secondary N) is 1. The number of hydrogen-bond acceptors (Lipinski definition) is 3. The first-order valence-electron chi connectivity index (χ1n) is 5.98. The van der Waals surface area contributed by atoms with Crippen molar-refractivity contribution in [3.8, 4) is 5.75 Å². The van der Waals surface area contributed by atoms with Crippen LogP contribution in [0.4, 0.5) is 0 Å². The van der Waals surface area contributed by atoms with Crippen LogP contribution in [0.5, 0.6) is 5.75 Å². The van der Waals surface area contributed by atoms with E-state index in [1.54, 1.807) is 18.2 Å². The molecular formula is C13H17Cl2NO3. The molecule has 0 radical (unpaired) electrons. The number of carbonyl (C=O) groups is 1. The number of benzene rings is 1. The zero-order chi connectivity index (χ0) is 14.3. The standard InChI is InChI=1S/C13H17Cl2NO3/c1-9(8-17)7-16-13(18)4-5-19-12-3-2-10(14)6-11(12)15/h2-3,6,9,17H,4-5,7-8H2,1H3,(H,16,18). The van der Waals surface area contributed by atoms with Crippen molar-refractivity contribution in [2.75, 3.05) is 19.8 Å². The summed E-state index contributed by atoms with van der Waals surface area (Å²) in [6.45, 7) is 2.60. The molecule has 0 spiro atoms. The van der Waals surface area contributed by atoms with Gasteiger partial charge in [0.25, 0.3) is 0 Å². The van der Waals surface area contributed by atoms with Crippen LogP contribution in [-0.4, -0.2) is 30.8 Å². The maximum atomic E-state index is 11.5. The van der Waals surface area contributed by atoms with Crippen LogP contribution >= 0.6 is 23.2 Å². The van der Waals surface area contributed by atoms with E-state index in [9.17, 15) is 4.79 Å². The van der Waals surface area contributed by atoms with Gasteiger partial charge in [-0.25, -0.2) is 0 Å². The Morgan fingerprint density at radius 2 is 2.21 bits per heavy atom. The highest BCUT2D eigenvalue weighted by Crippen LogP contribution is 2.27. The zero-order valence-corrected chi connectivity index (χ0v) is 12.2. The summed E-state index contributed by atoms with van der Waals surface area (Å²) in [6, 6.07) is 4.92. The molecule has 1 unspecified atom stereocenters. The third-order valence-electron chi connectivity index (χ3n) is 2.44. The van der Waals surface area contributed by atoms with Crippen molar-refractivity contribution in [2.24, 2.45) is 5.92 Å². The van der Waals surface area contributed by atoms with Gasteiger partial charge in [0.1, 0.15) is 5.75 Å². The molecule has 6 heteroatoms. The van der Waals surface area contributed by atoms with Gasteiger partial charge in [-0.05, 0) is 24.1 Å². The van der Waals surface area contributed by atoms with Gasteiger partial charge < -0.3 is 15.2 Å². The smallest absolute Gasteiger partial charge is 0.223 e. The fraction of sp³-hybridized carbons (Fsp3) is 0.462. The molecule has 0 saturated carbocycles. The maximum Gasteiger partial charge on any atom is 0.223 e. The largest absolute Gasteiger partial charge is 0.491 e. The second-order valence-corrected chi connectivity index (χ2v) is 5.11. The number of rotatable bonds is 7. The average Bonchev–Trinajstić information content (AvgIpc) is 2.38. The van der Waals surface area contributed by atoms with Crippen molar-refractivity contribution in [2.45, 2.75) is 13.3 Å². The molecule has 0 bridgehead atoms. The number of halogens is 2. The molecule has 4 nitrogen and oxygen atoms in total. The highest BCUT2D eigenvalue weighted by molar-refractivity contribution is 6.35. The van der Waals surface area contributed by atoms with Gasteiger partial charge >= 0.3 is 0 Å². The highest BCUT2D eigenvalue weighted by Gasteiger charge is 2.06. The van der Waals surface area contributed by atoms with Gasteiger partial charge in [0.05, 0.1) is 18.1 Å². The van der Waals surface area contributed by atoms with Crippen LogP contribution in [0.15, 0.2) is 18.2 Å². The molecule has 1 atom stereocenters. The fourth-order valence-electron chi connectivity index (χ4n) is 1.29. The number of ether oxygens (including phenoxy) is 1. The Morgan fingerprint density at radius 3 is 2.84 bits per heavy atom. The molecule has 106 valence electrons. The summed E-state index contributed by atoms with van der Waals surface area (Å²) in [4.78, 5) is 11.5. The molecule has 1 aromatic rings. The summed E-state index contributed by atoms with van der Waals surface area (Å²) in [5.74, 6) is 0.434. The van der Waals surface area contributed by atoms with Gasteiger partial charge in [0.15, 0.2) is 0 Å². The number of carbonyl (C=O) groups excluding carboxylic acids is 1. The lowest BCUT2D eigenvalue weighted by Crippen LogP contribution is -2.30. The van der Waals surface area contributed by atoms with E-state index in [4.69, 9.17) is 33.0 Å². The molecule has 0 aliphatic carbocycles. The van der Waals surface area contributed by atoms with Crippen molar-refractivity contribution in [3.63, 3.8) is 0 Å². The van der Waals surface area contributed by atoms with Crippen LogP contribution in [0.25, 0.3) is 0 Å². The van der Waals surface area contributed by atoms with Crippen LogP contribution in [0.1, 0.15) is 13.3 Å². The Hall–Kier alpha value is -0.970. The van der Waals surface area contributed by atoms with E-state index in [0.29, 0.717) is 22.3 Å². The number of hydrogen-bond donors (Lipinski definition) is 2. The van der Waals surface area contributed by atoms with E-state index in [1.165, 1.54) is 0 Å². The van der Waals surface area contributed by atoms with Crippen LogP contribution in [0.2, 0.25) is 10.0 Å². The van der Waals surface area contributed by atoms with E-state index >= 15 is 0 Å². The van der Waals surface area contributed by atoms with Gasteiger partial charge in [-0.3, -0.25) is 4.79 Å². The summed E-state index contributed by atoms with van der Waals surface area (Å²) in [7, 11) is 0. The van der Waals surface area contributed by atoms with Gasteiger partial charge in [-0.2, -0.15) is 0 Å². The molecule has 1 rings (SSSR count). The fourth-order valence-corrected chi connectivity index (χ4v) is 1.75. The summed E-state index contributed by atoms with van der Waals surface area (Å²) in [5, 5.41) is 12.5. The molecular weight excluding hydrogens is 289 g/mol. The zero-order valence-electron chi connectivity index (χ0n) is 10.7. The first kappa shape index (κ1) is 16.1. The van der Waals surface area contributed by atoms with E-state index in [2.05, 4.69) is 5.32 Å². The van der Waals surface area contributed by atoms with Crippen LogP contribution in [0, 0.1) is 5.92 Å². The molecule has 1 aromatic carbocycles. The average molecular weight is 306 g/mol. The predicted molar refractivity (Wildman–Crippen MR) is 75.8 cm³/mol. The summed E-state index contributed by atoms with van der Waals surface area (Å²) < 4.78 is 5.39. The van der Waals surface area contributed by atoms with Gasteiger partial charge in [0, 0.05) is 18.2 Å². The minimum atomic E-state index is -0.120. The quantitative estimate of drug-likeness (QED) is 0.814. The van der Waals surface area contributed by atoms with Crippen LogP contribution in [-0.2, 0) is 4.79 Å². The number of amides is 1. The Labute approximate surface area is 122 Å². The second kappa shape index (κ2) is 8.25. The lowest BCUT2D eigenvalue weighted by molar-refractivity contribution is -0.121. The van der Waals surface area contributed by atoms with Gasteiger partial charge in [-0.15, -0.1) is 0 Å². The van der Waals surface area contributed by atoms with E-state index in [0.717, 1.165) is 0 Å². The molecule has 0 fully saturated rings. The second-order valence-electron chi connectivity index (χ2n) is 4.27. The summed E-state index contributed by atoms with van der Waals surface area (Å²) >= 11 is 11.7. The monoisotopic (exact) mass is 305 g/mol. The van der Waals surface area contributed by atoms with Gasteiger partial charge in [0.2, 0.25) is 5.91 Å². The van der Waals surface area contributed by atoms with E-state index in [1.807, 2.05) is 6.92 Å². The topological polar surface area (TPSA) is 58.6 Å². The van der Waals surface area contributed by atoms with Gasteiger partial charge in [-0.1, -0.05) is 30.1 Å². The Bertz CT molecular complexity index is 426. The summed E-state index contributed by atoms with van der Waals surface area (Å²) in [5.41, 5.74) is 0. The lowest BCUT2D eigenvalue weighted by atomic mass is 10.2. The number of aliphatic hydroxyl groups is 1. The van der Waals surface area contributed by atoms with Crippen molar-refractivity contribution in [3.05, 3.63) is 28.2 Å². The minimum absolute atomic E-state index is 0.0515. The number of aliphatic hydroxyl groups excluding tert-OH is 1. The minimum Gasteiger partial charge on any atom is -0.491 e. The molecule has 0 saturated heterocycles. The van der Waals surface area contributed by atoms with E-state index in [-0.39, 0.29) is 31.5 Å². The molecule has 0 aliphatic rings. The van der Waals surface area contributed by atoms with Crippen molar-refractivity contribution in [1.82, 2.24) is 5.32 Å². The van der Waals surface area contributed by atoms with Crippen LogP contribution < -0.4 is 10.1 Å². The maximum absolute atomic E-state index is 11.5. The third-order valence-corrected chi connectivity index (χ3v) is 2.97. The molecule has 0 heterocycles. The first-order chi connectivity index (χ1) is 9.02. The SMILES string of the molecule is CC(CO)CNC(=O)CCOc1ccc(Cl)cc1Cl. The van der Waals surface area contributed by atoms with Crippen LogP contribution in [0.3, 0.4) is 0 Å². The Kier molecular flexibility index (Phi) is 6.99. The Balaban J connectivity index is 2.28. The van der Waals surface area contributed by atoms with Crippen molar-refractivity contribution in [1.29, 1.82) is 0 Å². The first-order valence-corrected chi connectivity index (χ1v) is 6.74. The molecule has 0 aromatic heterocycles. The summed E-state index contributed by atoms with van der Waals surface area (Å²) in [6.07, 6.45) is 0.233.